The highest BCUT2D eigenvalue weighted by molar-refractivity contribution is 9.10. The van der Waals surface area contributed by atoms with Crippen LogP contribution in [0.3, 0.4) is 0 Å². The van der Waals surface area contributed by atoms with Crippen LogP contribution in [0.15, 0.2) is 22.8 Å². The molecule has 0 aliphatic rings. The first kappa shape index (κ1) is 10.5. The van der Waals surface area contributed by atoms with Crippen LogP contribution in [0, 0.1) is 0 Å². The van der Waals surface area contributed by atoms with E-state index >= 15 is 0 Å². The van der Waals surface area contributed by atoms with Crippen LogP contribution in [-0.2, 0) is 0 Å². The number of nitrogens with zero attached hydrogens (tertiary/aromatic N) is 1. The van der Waals surface area contributed by atoms with Crippen LogP contribution in [0.1, 0.15) is 11.7 Å². The standard InChI is InChI=1S/C7H6BrF3N2/c8-4-1-2-13-5(3-4)6(12)7(9,10)11/h1-3,6H,12H2/t6-/m0/s1. The lowest BCUT2D eigenvalue weighted by Gasteiger charge is -2.14. The largest absolute Gasteiger partial charge is 0.409 e. The molecule has 1 rings (SSSR count). The molecule has 0 saturated carbocycles. The third-order valence-electron chi connectivity index (χ3n) is 1.41. The highest BCUT2D eigenvalue weighted by Gasteiger charge is 2.38. The Morgan fingerprint density at radius 1 is 1.46 bits per heavy atom. The van der Waals surface area contributed by atoms with E-state index in [0.717, 1.165) is 0 Å². The summed E-state index contributed by atoms with van der Waals surface area (Å²) in [7, 11) is 0. The van der Waals surface area contributed by atoms with Gasteiger partial charge < -0.3 is 5.73 Å². The summed E-state index contributed by atoms with van der Waals surface area (Å²) >= 11 is 3.03. The number of rotatable bonds is 1. The minimum Gasteiger partial charge on any atom is -0.315 e. The van der Waals surface area contributed by atoms with Gasteiger partial charge in [-0.1, -0.05) is 15.9 Å². The fourth-order valence-corrected chi connectivity index (χ4v) is 1.11. The summed E-state index contributed by atoms with van der Waals surface area (Å²) in [4.78, 5) is 3.53. The summed E-state index contributed by atoms with van der Waals surface area (Å²) in [6, 6.07) is 0.759. The van der Waals surface area contributed by atoms with Gasteiger partial charge in [0, 0.05) is 10.7 Å². The molecule has 6 heteroatoms. The average Bonchev–Trinajstić information content (AvgIpc) is 2.01. The van der Waals surface area contributed by atoms with Crippen LogP contribution in [0.5, 0.6) is 0 Å². The summed E-state index contributed by atoms with van der Waals surface area (Å²) in [6.07, 6.45) is -3.18. The van der Waals surface area contributed by atoms with E-state index in [1.807, 2.05) is 0 Å². The second-order valence-electron chi connectivity index (χ2n) is 2.42. The van der Waals surface area contributed by atoms with Crippen molar-refractivity contribution >= 4 is 15.9 Å². The third kappa shape index (κ3) is 2.67. The smallest absolute Gasteiger partial charge is 0.315 e. The summed E-state index contributed by atoms with van der Waals surface area (Å²) in [6.45, 7) is 0. The number of aromatic nitrogens is 1. The van der Waals surface area contributed by atoms with Crippen LogP contribution >= 0.6 is 15.9 Å². The zero-order chi connectivity index (χ0) is 10.1. The van der Waals surface area contributed by atoms with Gasteiger partial charge in [-0.25, -0.2) is 0 Å². The van der Waals surface area contributed by atoms with Gasteiger partial charge in [0.25, 0.3) is 0 Å². The lowest BCUT2D eigenvalue weighted by molar-refractivity contribution is -0.150. The van der Waals surface area contributed by atoms with E-state index in [-0.39, 0.29) is 5.69 Å². The predicted molar refractivity (Wildman–Crippen MR) is 44.9 cm³/mol. The van der Waals surface area contributed by atoms with Gasteiger partial charge in [0.15, 0.2) is 0 Å². The van der Waals surface area contributed by atoms with Gasteiger partial charge in [-0.05, 0) is 12.1 Å². The van der Waals surface area contributed by atoms with Crippen LogP contribution in [0.2, 0.25) is 0 Å². The monoisotopic (exact) mass is 254 g/mol. The minimum absolute atomic E-state index is 0.193. The second kappa shape index (κ2) is 3.63. The Morgan fingerprint density at radius 2 is 2.08 bits per heavy atom. The summed E-state index contributed by atoms with van der Waals surface area (Å²) < 4.78 is 36.8. The van der Waals surface area contributed by atoms with E-state index in [1.165, 1.54) is 18.3 Å². The molecule has 72 valence electrons. The van der Waals surface area contributed by atoms with Gasteiger partial charge in [-0.3, -0.25) is 4.98 Å². The second-order valence-corrected chi connectivity index (χ2v) is 3.33. The molecule has 0 amide bonds. The lowest BCUT2D eigenvalue weighted by atomic mass is 10.2. The van der Waals surface area contributed by atoms with E-state index in [1.54, 1.807) is 0 Å². The van der Waals surface area contributed by atoms with Crippen molar-refractivity contribution in [2.45, 2.75) is 12.2 Å². The highest BCUT2D eigenvalue weighted by Crippen LogP contribution is 2.29. The summed E-state index contributed by atoms with van der Waals surface area (Å²) in [5.41, 5.74) is 4.74. The number of alkyl halides is 3. The topological polar surface area (TPSA) is 38.9 Å². The van der Waals surface area contributed by atoms with E-state index in [9.17, 15) is 13.2 Å². The maximum Gasteiger partial charge on any atom is 0.409 e. The summed E-state index contributed by atoms with van der Waals surface area (Å²) in [5, 5.41) is 0. The number of halogens is 4. The molecule has 0 unspecified atom stereocenters. The third-order valence-corrected chi connectivity index (χ3v) is 1.91. The maximum atomic E-state index is 12.1. The van der Waals surface area contributed by atoms with E-state index in [0.29, 0.717) is 4.47 Å². The molecule has 0 spiro atoms. The predicted octanol–water partition coefficient (Wildman–Crippen LogP) is 2.41. The zero-order valence-electron chi connectivity index (χ0n) is 6.35. The maximum absolute atomic E-state index is 12.1. The molecule has 0 bridgehead atoms. The number of nitrogens with two attached hydrogens (primary N) is 1. The first-order chi connectivity index (χ1) is 5.91. The number of hydrogen-bond acceptors (Lipinski definition) is 2. The molecular formula is C7H6BrF3N2. The lowest BCUT2D eigenvalue weighted by Crippen LogP contribution is -2.29. The molecule has 0 radical (unpaired) electrons. The molecule has 1 heterocycles. The molecule has 2 N–H and O–H groups in total. The molecule has 0 saturated heterocycles. The minimum atomic E-state index is -4.45. The summed E-state index contributed by atoms with van der Waals surface area (Å²) in [5.74, 6) is 0. The van der Waals surface area contributed by atoms with Crippen molar-refractivity contribution in [1.29, 1.82) is 0 Å². The molecular weight excluding hydrogens is 249 g/mol. The molecule has 13 heavy (non-hydrogen) atoms. The molecule has 1 atom stereocenters. The fourth-order valence-electron chi connectivity index (χ4n) is 0.759. The van der Waals surface area contributed by atoms with Gasteiger partial charge in [0.05, 0.1) is 5.69 Å². The quantitative estimate of drug-likeness (QED) is 0.836. The van der Waals surface area contributed by atoms with Crippen molar-refractivity contribution in [1.82, 2.24) is 4.98 Å². The fraction of sp³-hybridized carbons (Fsp3) is 0.286. The number of hydrogen-bond donors (Lipinski definition) is 1. The van der Waals surface area contributed by atoms with Crippen molar-refractivity contribution < 1.29 is 13.2 Å². The Labute approximate surface area is 81.1 Å². The van der Waals surface area contributed by atoms with E-state index in [4.69, 9.17) is 5.73 Å². The highest BCUT2D eigenvalue weighted by atomic mass is 79.9. The van der Waals surface area contributed by atoms with Crippen molar-refractivity contribution in [3.05, 3.63) is 28.5 Å². The normalized spacial score (nSPS) is 14.2. The Kier molecular flexibility index (Phi) is 2.92. The van der Waals surface area contributed by atoms with E-state index in [2.05, 4.69) is 20.9 Å². The molecule has 0 aromatic carbocycles. The van der Waals surface area contributed by atoms with Crippen molar-refractivity contribution in [2.75, 3.05) is 0 Å². The Hall–Kier alpha value is -0.620. The van der Waals surface area contributed by atoms with Crippen LogP contribution < -0.4 is 5.73 Å². The van der Waals surface area contributed by atoms with Crippen molar-refractivity contribution in [3.63, 3.8) is 0 Å². The average molecular weight is 255 g/mol. The first-order valence-corrected chi connectivity index (χ1v) is 4.14. The van der Waals surface area contributed by atoms with Crippen molar-refractivity contribution in [2.24, 2.45) is 5.73 Å². The zero-order valence-corrected chi connectivity index (χ0v) is 7.93. The van der Waals surface area contributed by atoms with Crippen molar-refractivity contribution in [3.8, 4) is 0 Å². The first-order valence-electron chi connectivity index (χ1n) is 3.35. The van der Waals surface area contributed by atoms with Crippen LogP contribution in [-0.4, -0.2) is 11.2 Å². The molecule has 1 aromatic rings. The molecule has 0 fully saturated rings. The molecule has 0 aliphatic heterocycles. The van der Waals surface area contributed by atoms with Gasteiger partial charge in [0.1, 0.15) is 6.04 Å². The van der Waals surface area contributed by atoms with Gasteiger partial charge in [-0.15, -0.1) is 0 Å². The molecule has 2 nitrogen and oxygen atoms in total. The Morgan fingerprint density at radius 3 is 2.54 bits per heavy atom. The SMILES string of the molecule is N[C@@H](c1cc(Br)ccn1)C(F)(F)F. The molecule has 0 aliphatic carbocycles. The van der Waals surface area contributed by atoms with Crippen LogP contribution in [0.4, 0.5) is 13.2 Å². The Bertz CT molecular complexity index is 300. The van der Waals surface area contributed by atoms with Gasteiger partial charge in [0.2, 0.25) is 0 Å². The van der Waals surface area contributed by atoms with E-state index < -0.39 is 12.2 Å². The Balaban J connectivity index is 2.96. The van der Waals surface area contributed by atoms with Gasteiger partial charge in [-0.2, -0.15) is 13.2 Å². The van der Waals surface area contributed by atoms with Gasteiger partial charge >= 0.3 is 6.18 Å². The molecule has 1 aromatic heterocycles. The number of pyridine rings is 1. The van der Waals surface area contributed by atoms with Crippen LogP contribution in [0.25, 0.3) is 0 Å².